The van der Waals surface area contributed by atoms with E-state index in [9.17, 15) is 9.59 Å². The predicted octanol–water partition coefficient (Wildman–Crippen LogP) is 2.31. The number of aromatic nitrogens is 3. The molecule has 0 unspecified atom stereocenters. The lowest BCUT2D eigenvalue weighted by molar-refractivity contribution is -0.123. The second-order valence-electron chi connectivity index (χ2n) is 6.53. The van der Waals surface area contributed by atoms with Crippen molar-refractivity contribution >= 4 is 34.2 Å². The molecule has 0 bridgehead atoms. The number of carbonyl (C=O) groups excluding carboxylic acids is 2. The molecule has 134 valence electrons. The molecule has 1 aliphatic heterocycles. The van der Waals surface area contributed by atoms with Crippen LogP contribution in [-0.2, 0) is 4.79 Å². The van der Waals surface area contributed by atoms with Crippen LogP contribution in [0.2, 0.25) is 0 Å². The van der Waals surface area contributed by atoms with Crippen LogP contribution in [0.1, 0.15) is 30.2 Å². The van der Waals surface area contributed by atoms with E-state index in [2.05, 4.69) is 10.4 Å². The second kappa shape index (κ2) is 6.53. The van der Waals surface area contributed by atoms with Gasteiger partial charge in [0.2, 0.25) is 5.91 Å². The van der Waals surface area contributed by atoms with E-state index in [0.717, 1.165) is 16.0 Å². The Morgan fingerprint density at radius 2 is 2.23 bits per heavy atom. The summed E-state index contributed by atoms with van der Waals surface area (Å²) in [4.78, 5) is 32.2. The van der Waals surface area contributed by atoms with Gasteiger partial charge in [-0.05, 0) is 31.4 Å². The number of nitrogens with one attached hydrogen (secondary N) is 1. The van der Waals surface area contributed by atoms with Gasteiger partial charge in [0.15, 0.2) is 5.65 Å². The summed E-state index contributed by atoms with van der Waals surface area (Å²) < 4.78 is 1.83. The minimum atomic E-state index is -0.159. The van der Waals surface area contributed by atoms with Gasteiger partial charge >= 0.3 is 0 Å². The van der Waals surface area contributed by atoms with Crippen LogP contribution in [-0.4, -0.2) is 51.1 Å². The molecule has 1 N–H and O–H groups in total. The van der Waals surface area contributed by atoms with Crippen molar-refractivity contribution in [2.24, 2.45) is 0 Å². The molecule has 0 radical (unpaired) electrons. The molecule has 8 heteroatoms. The van der Waals surface area contributed by atoms with Gasteiger partial charge in [-0.25, -0.2) is 9.67 Å². The summed E-state index contributed by atoms with van der Waals surface area (Å²) in [6, 6.07) is 5.89. The molecule has 1 fully saturated rings. The summed E-state index contributed by atoms with van der Waals surface area (Å²) in [5.74, 6) is -0.292. The maximum Gasteiger partial charge on any atom is 0.255 e. The molecular formula is C18H19N5O2S. The van der Waals surface area contributed by atoms with Gasteiger partial charge in [-0.1, -0.05) is 6.07 Å². The van der Waals surface area contributed by atoms with E-state index in [-0.39, 0.29) is 24.4 Å². The Hall–Kier alpha value is -2.74. The first-order valence-corrected chi connectivity index (χ1v) is 9.40. The average Bonchev–Trinajstić information content (AvgIpc) is 3.29. The molecular weight excluding hydrogens is 350 g/mol. The fourth-order valence-electron chi connectivity index (χ4n) is 3.11. The van der Waals surface area contributed by atoms with Crippen LogP contribution in [0.25, 0.3) is 21.6 Å². The van der Waals surface area contributed by atoms with Gasteiger partial charge < -0.3 is 10.2 Å². The van der Waals surface area contributed by atoms with Crippen molar-refractivity contribution in [3.63, 3.8) is 0 Å². The largest absolute Gasteiger partial charge is 0.353 e. The second-order valence-corrected chi connectivity index (χ2v) is 7.48. The molecule has 3 aromatic heterocycles. The third-order valence-electron chi connectivity index (χ3n) is 4.39. The number of hydrogen-bond donors (Lipinski definition) is 1. The van der Waals surface area contributed by atoms with E-state index in [1.54, 1.807) is 22.4 Å². The van der Waals surface area contributed by atoms with E-state index < -0.39 is 0 Å². The van der Waals surface area contributed by atoms with Crippen LogP contribution in [0.3, 0.4) is 0 Å². The van der Waals surface area contributed by atoms with Gasteiger partial charge in [0.25, 0.3) is 5.91 Å². The number of rotatable bonds is 3. The Morgan fingerprint density at radius 3 is 2.92 bits per heavy atom. The topological polar surface area (TPSA) is 80.1 Å². The van der Waals surface area contributed by atoms with Gasteiger partial charge in [-0.3, -0.25) is 9.59 Å². The third-order valence-corrected chi connectivity index (χ3v) is 5.28. The number of nitrogens with zero attached hydrogens (tertiary/aromatic N) is 4. The summed E-state index contributed by atoms with van der Waals surface area (Å²) in [6.45, 7) is 5.11. The SMILES string of the molecule is CC(C)n1ncc2c(C(=O)N3CCNC(=O)C3)cc(-c3cccs3)nc21. The molecule has 1 saturated heterocycles. The number of pyridine rings is 1. The minimum absolute atomic E-state index is 0.0787. The van der Waals surface area contributed by atoms with Crippen LogP contribution >= 0.6 is 11.3 Å². The van der Waals surface area contributed by atoms with Crippen molar-refractivity contribution in [2.45, 2.75) is 19.9 Å². The Kier molecular flexibility index (Phi) is 4.20. The zero-order valence-corrected chi connectivity index (χ0v) is 15.4. The normalized spacial score (nSPS) is 14.9. The Morgan fingerprint density at radius 1 is 1.38 bits per heavy atom. The van der Waals surface area contributed by atoms with Crippen molar-refractivity contribution in [1.29, 1.82) is 0 Å². The standard InChI is InChI=1S/C18H19N5O2S/c1-11(2)23-17-13(9-20-23)12(8-14(21-17)15-4-3-7-26-15)18(25)22-6-5-19-16(24)10-22/h3-4,7-9,11H,5-6,10H2,1-2H3,(H,19,24). The smallest absolute Gasteiger partial charge is 0.255 e. The van der Waals surface area contributed by atoms with Crippen LogP contribution < -0.4 is 5.32 Å². The first kappa shape index (κ1) is 16.7. The number of amides is 2. The molecule has 7 nitrogen and oxygen atoms in total. The van der Waals surface area contributed by atoms with Crippen LogP contribution in [0.4, 0.5) is 0 Å². The number of piperazine rings is 1. The lowest BCUT2D eigenvalue weighted by atomic mass is 10.1. The molecule has 4 heterocycles. The molecule has 3 aromatic rings. The number of thiophene rings is 1. The van der Waals surface area contributed by atoms with E-state index in [0.29, 0.717) is 24.3 Å². The van der Waals surface area contributed by atoms with Crippen molar-refractivity contribution in [1.82, 2.24) is 25.0 Å². The van der Waals surface area contributed by atoms with Crippen LogP contribution in [0, 0.1) is 0 Å². The highest BCUT2D eigenvalue weighted by Crippen LogP contribution is 2.29. The maximum absolute atomic E-state index is 13.1. The zero-order chi connectivity index (χ0) is 18.3. The van der Waals surface area contributed by atoms with Crippen molar-refractivity contribution in [2.75, 3.05) is 19.6 Å². The highest BCUT2D eigenvalue weighted by atomic mass is 32.1. The molecule has 2 amide bonds. The number of fused-ring (bicyclic) bond motifs is 1. The summed E-state index contributed by atoms with van der Waals surface area (Å²) in [5, 5.41) is 9.88. The fourth-order valence-corrected chi connectivity index (χ4v) is 3.79. The van der Waals surface area contributed by atoms with Gasteiger partial charge in [0, 0.05) is 19.1 Å². The average molecular weight is 369 g/mol. The van der Waals surface area contributed by atoms with E-state index in [4.69, 9.17) is 4.98 Å². The molecule has 1 aliphatic rings. The van der Waals surface area contributed by atoms with Gasteiger partial charge in [0.05, 0.1) is 34.3 Å². The molecule has 0 aliphatic carbocycles. The first-order valence-electron chi connectivity index (χ1n) is 8.52. The highest BCUT2D eigenvalue weighted by Gasteiger charge is 2.26. The fraction of sp³-hybridized carbons (Fsp3) is 0.333. The number of hydrogen-bond acceptors (Lipinski definition) is 5. The Labute approximate surface area is 154 Å². The Balaban J connectivity index is 1.87. The van der Waals surface area contributed by atoms with Crippen molar-refractivity contribution in [3.05, 3.63) is 35.3 Å². The van der Waals surface area contributed by atoms with Crippen LogP contribution in [0.15, 0.2) is 29.8 Å². The number of carbonyl (C=O) groups is 2. The monoisotopic (exact) mass is 369 g/mol. The Bertz CT molecular complexity index is 977. The van der Waals surface area contributed by atoms with Gasteiger partial charge in [-0.2, -0.15) is 5.10 Å². The minimum Gasteiger partial charge on any atom is -0.353 e. The third kappa shape index (κ3) is 2.86. The highest BCUT2D eigenvalue weighted by molar-refractivity contribution is 7.13. The summed E-state index contributed by atoms with van der Waals surface area (Å²) >= 11 is 1.58. The zero-order valence-electron chi connectivity index (χ0n) is 14.6. The first-order chi connectivity index (χ1) is 12.5. The molecule has 0 aromatic carbocycles. The summed E-state index contributed by atoms with van der Waals surface area (Å²) in [5.41, 5.74) is 1.98. The molecule has 26 heavy (non-hydrogen) atoms. The molecule has 0 saturated carbocycles. The van der Waals surface area contributed by atoms with Crippen LogP contribution in [0.5, 0.6) is 0 Å². The molecule has 0 atom stereocenters. The summed E-state index contributed by atoms with van der Waals surface area (Å²) in [7, 11) is 0. The van der Waals surface area contributed by atoms with Crippen molar-refractivity contribution < 1.29 is 9.59 Å². The van der Waals surface area contributed by atoms with E-state index >= 15 is 0 Å². The molecule has 4 rings (SSSR count). The van der Waals surface area contributed by atoms with Crippen molar-refractivity contribution in [3.8, 4) is 10.6 Å². The lowest BCUT2D eigenvalue weighted by Gasteiger charge is -2.27. The quantitative estimate of drug-likeness (QED) is 0.768. The maximum atomic E-state index is 13.1. The van der Waals surface area contributed by atoms with E-state index in [1.165, 1.54) is 0 Å². The van der Waals surface area contributed by atoms with Gasteiger partial charge in [-0.15, -0.1) is 11.3 Å². The van der Waals surface area contributed by atoms with E-state index in [1.807, 2.05) is 42.1 Å². The summed E-state index contributed by atoms with van der Waals surface area (Å²) in [6.07, 6.45) is 1.69. The van der Waals surface area contributed by atoms with Gasteiger partial charge in [0.1, 0.15) is 0 Å². The molecule has 0 spiro atoms. The lowest BCUT2D eigenvalue weighted by Crippen LogP contribution is -2.50. The predicted molar refractivity (Wildman–Crippen MR) is 100 cm³/mol.